The molecule has 1 aromatic heterocycles. The molecule has 94 valence electrons. The summed E-state index contributed by atoms with van der Waals surface area (Å²) in [5, 5.41) is 12.5. The van der Waals surface area contributed by atoms with Crippen molar-refractivity contribution >= 4 is 0 Å². The van der Waals surface area contributed by atoms with Crippen LogP contribution in [0.3, 0.4) is 0 Å². The first kappa shape index (κ1) is 12.5. The van der Waals surface area contributed by atoms with E-state index in [9.17, 15) is 9.50 Å². The van der Waals surface area contributed by atoms with Gasteiger partial charge in [0.15, 0.2) is 0 Å². The van der Waals surface area contributed by atoms with Crippen molar-refractivity contribution in [3.63, 3.8) is 0 Å². The summed E-state index contributed by atoms with van der Waals surface area (Å²) in [6.45, 7) is 3.19. The van der Waals surface area contributed by atoms with Crippen molar-refractivity contribution < 1.29 is 9.50 Å². The van der Waals surface area contributed by atoms with Crippen LogP contribution in [0.25, 0.3) is 0 Å². The molecule has 0 fully saturated rings. The van der Waals surface area contributed by atoms with Crippen molar-refractivity contribution in [3.05, 3.63) is 59.2 Å². The van der Waals surface area contributed by atoms with Crippen molar-refractivity contribution in [2.45, 2.75) is 20.0 Å². The molecule has 0 aliphatic heterocycles. The van der Waals surface area contributed by atoms with Crippen LogP contribution in [0.15, 0.2) is 36.7 Å². The average Bonchev–Trinajstić information content (AvgIpc) is 2.30. The lowest BCUT2D eigenvalue weighted by Gasteiger charge is -2.07. The highest BCUT2D eigenvalue weighted by Crippen LogP contribution is 2.14. The third kappa shape index (κ3) is 3.28. The maximum Gasteiger partial charge on any atom is 0.127 e. The molecule has 0 saturated heterocycles. The summed E-state index contributed by atoms with van der Waals surface area (Å²) in [6.07, 6.45) is 3.56. The molecular formula is C14H15FN2O. The van der Waals surface area contributed by atoms with Crippen molar-refractivity contribution in [2.24, 2.45) is 0 Å². The number of phenolic OH excluding ortho intramolecular Hbond substituents is 1. The van der Waals surface area contributed by atoms with Gasteiger partial charge in [-0.05, 0) is 41.8 Å². The lowest BCUT2D eigenvalue weighted by atomic mass is 10.1. The molecule has 0 bridgehead atoms. The quantitative estimate of drug-likeness (QED) is 0.871. The van der Waals surface area contributed by atoms with Gasteiger partial charge in [0.1, 0.15) is 11.6 Å². The average molecular weight is 246 g/mol. The van der Waals surface area contributed by atoms with Gasteiger partial charge in [0.25, 0.3) is 0 Å². The minimum Gasteiger partial charge on any atom is -0.508 e. The number of benzene rings is 1. The second-order valence-electron chi connectivity index (χ2n) is 4.22. The monoisotopic (exact) mass is 246 g/mol. The number of rotatable bonds is 4. The van der Waals surface area contributed by atoms with Crippen LogP contribution in [-0.2, 0) is 13.1 Å². The largest absolute Gasteiger partial charge is 0.508 e. The third-order valence-electron chi connectivity index (χ3n) is 2.72. The number of hydrogen-bond donors (Lipinski definition) is 2. The zero-order valence-electron chi connectivity index (χ0n) is 10.2. The van der Waals surface area contributed by atoms with Gasteiger partial charge in [0, 0.05) is 31.5 Å². The fraction of sp³-hybridized carbons (Fsp3) is 0.214. The van der Waals surface area contributed by atoms with E-state index in [2.05, 4.69) is 10.3 Å². The van der Waals surface area contributed by atoms with Crippen LogP contribution < -0.4 is 5.32 Å². The Morgan fingerprint density at radius 2 is 2.11 bits per heavy atom. The Morgan fingerprint density at radius 1 is 1.28 bits per heavy atom. The van der Waals surface area contributed by atoms with Crippen LogP contribution in [0.2, 0.25) is 0 Å². The molecule has 0 aliphatic carbocycles. The van der Waals surface area contributed by atoms with Crippen LogP contribution in [-0.4, -0.2) is 10.1 Å². The van der Waals surface area contributed by atoms with Crippen LogP contribution in [0, 0.1) is 12.7 Å². The van der Waals surface area contributed by atoms with Gasteiger partial charge in [-0.15, -0.1) is 0 Å². The van der Waals surface area contributed by atoms with Crippen LogP contribution in [0.1, 0.15) is 16.7 Å². The SMILES string of the molecule is Cc1cnccc1CNCc1cc(O)cc(F)c1. The zero-order chi connectivity index (χ0) is 13.0. The Hall–Kier alpha value is -1.94. The maximum absolute atomic E-state index is 13.0. The summed E-state index contributed by atoms with van der Waals surface area (Å²) in [5.74, 6) is -0.473. The second kappa shape index (κ2) is 5.60. The molecule has 2 rings (SSSR count). The predicted octanol–water partition coefficient (Wildman–Crippen LogP) is 2.52. The van der Waals surface area contributed by atoms with Crippen LogP contribution in [0.4, 0.5) is 4.39 Å². The summed E-state index contributed by atoms with van der Waals surface area (Å²) in [6, 6.07) is 6.00. The van der Waals surface area contributed by atoms with E-state index in [0.29, 0.717) is 13.1 Å². The molecule has 3 nitrogen and oxygen atoms in total. The number of pyridine rings is 1. The number of hydrogen-bond acceptors (Lipinski definition) is 3. The number of phenols is 1. The Balaban J connectivity index is 1.94. The minimum atomic E-state index is -0.424. The molecular weight excluding hydrogens is 231 g/mol. The zero-order valence-corrected chi connectivity index (χ0v) is 10.2. The van der Waals surface area contributed by atoms with E-state index in [4.69, 9.17) is 0 Å². The number of aromatic hydroxyl groups is 1. The maximum atomic E-state index is 13.0. The molecule has 2 aromatic rings. The lowest BCUT2D eigenvalue weighted by Crippen LogP contribution is -2.13. The Morgan fingerprint density at radius 3 is 2.83 bits per heavy atom. The summed E-state index contributed by atoms with van der Waals surface area (Å²) in [5.41, 5.74) is 3.00. The number of aryl methyl sites for hydroxylation is 1. The minimum absolute atomic E-state index is 0.0492. The summed E-state index contributed by atoms with van der Waals surface area (Å²) >= 11 is 0. The molecule has 0 aliphatic rings. The molecule has 0 radical (unpaired) electrons. The molecule has 0 unspecified atom stereocenters. The third-order valence-corrected chi connectivity index (χ3v) is 2.72. The molecule has 18 heavy (non-hydrogen) atoms. The molecule has 0 atom stereocenters. The molecule has 4 heteroatoms. The van der Waals surface area contributed by atoms with E-state index in [1.54, 1.807) is 12.3 Å². The van der Waals surface area contributed by atoms with Crippen LogP contribution >= 0.6 is 0 Å². The highest BCUT2D eigenvalue weighted by atomic mass is 19.1. The van der Waals surface area contributed by atoms with Gasteiger partial charge >= 0.3 is 0 Å². The highest BCUT2D eigenvalue weighted by Gasteiger charge is 2.01. The summed E-state index contributed by atoms with van der Waals surface area (Å²) in [4.78, 5) is 4.02. The highest BCUT2D eigenvalue weighted by molar-refractivity contribution is 5.28. The number of aromatic nitrogens is 1. The smallest absolute Gasteiger partial charge is 0.127 e. The van der Waals surface area contributed by atoms with Gasteiger partial charge in [0.2, 0.25) is 0 Å². The van der Waals surface area contributed by atoms with E-state index >= 15 is 0 Å². The first-order valence-corrected chi connectivity index (χ1v) is 5.74. The molecule has 0 spiro atoms. The Bertz CT molecular complexity index is 523. The molecule has 1 heterocycles. The summed E-state index contributed by atoms with van der Waals surface area (Å²) in [7, 11) is 0. The van der Waals surface area contributed by atoms with Crippen molar-refractivity contribution in [1.29, 1.82) is 0 Å². The number of nitrogens with zero attached hydrogens (tertiary/aromatic N) is 1. The number of nitrogens with one attached hydrogen (secondary N) is 1. The normalized spacial score (nSPS) is 10.6. The standard InChI is InChI=1S/C14H15FN2O/c1-10-7-16-3-2-12(10)9-17-8-11-4-13(15)6-14(18)5-11/h2-7,17-18H,8-9H2,1H3. The van der Waals surface area contributed by atoms with E-state index in [1.807, 2.05) is 19.2 Å². The second-order valence-corrected chi connectivity index (χ2v) is 4.22. The van der Waals surface area contributed by atoms with Crippen LogP contribution in [0.5, 0.6) is 5.75 Å². The topological polar surface area (TPSA) is 45.2 Å². The summed E-state index contributed by atoms with van der Waals surface area (Å²) < 4.78 is 13.0. The van der Waals surface area contributed by atoms with Crippen molar-refractivity contribution in [1.82, 2.24) is 10.3 Å². The Kier molecular flexibility index (Phi) is 3.89. The van der Waals surface area contributed by atoms with Crippen molar-refractivity contribution in [3.8, 4) is 5.75 Å². The number of halogens is 1. The van der Waals surface area contributed by atoms with Gasteiger partial charge in [0.05, 0.1) is 0 Å². The first-order valence-electron chi connectivity index (χ1n) is 5.74. The van der Waals surface area contributed by atoms with E-state index in [0.717, 1.165) is 22.8 Å². The van der Waals surface area contributed by atoms with E-state index in [1.165, 1.54) is 6.07 Å². The fourth-order valence-electron chi connectivity index (χ4n) is 1.78. The van der Waals surface area contributed by atoms with E-state index < -0.39 is 5.82 Å². The predicted molar refractivity (Wildman–Crippen MR) is 67.6 cm³/mol. The van der Waals surface area contributed by atoms with Gasteiger partial charge in [-0.3, -0.25) is 4.98 Å². The molecule has 0 amide bonds. The Labute approximate surface area is 105 Å². The van der Waals surface area contributed by atoms with Gasteiger partial charge < -0.3 is 10.4 Å². The molecule has 1 aromatic carbocycles. The molecule has 2 N–H and O–H groups in total. The van der Waals surface area contributed by atoms with Gasteiger partial charge in [-0.1, -0.05) is 0 Å². The van der Waals surface area contributed by atoms with Gasteiger partial charge in [-0.2, -0.15) is 0 Å². The molecule has 0 saturated carbocycles. The van der Waals surface area contributed by atoms with E-state index in [-0.39, 0.29) is 5.75 Å². The lowest BCUT2D eigenvalue weighted by molar-refractivity contribution is 0.467. The van der Waals surface area contributed by atoms with Gasteiger partial charge in [-0.25, -0.2) is 4.39 Å². The first-order chi connectivity index (χ1) is 8.65. The fourth-order valence-corrected chi connectivity index (χ4v) is 1.78. The van der Waals surface area contributed by atoms with Crippen molar-refractivity contribution in [2.75, 3.05) is 0 Å².